The third kappa shape index (κ3) is 4.73. The van der Waals surface area contributed by atoms with Crippen LogP contribution in [0.4, 0.5) is 0 Å². The lowest BCUT2D eigenvalue weighted by molar-refractivity contribution is -0.118. The first kappa shape index (κ1) is 22.0. The molecule has 3 rings (SSSR count). The van der Waals surface area contributed by atoms with Crippen molar-refractivity contribution >= 4 is 39.2 Å². The summed E-state index contributed by atoms with van der Waals surface area (Å²) in [5.74, 6) is 0.0702. The first-order chi connectivity index (χ1) is 14.1. The number of aryl methyl sites for hydroxylation is 4. The van der Waals surface area contributed by atoms with Gasteiger partial charge in [-0.2, -0.15) is 13.5 Å². The smallest absolute Gasteiger partial charge is 0.339 e. The lowest BCUT2D eigenvalue weighted by atomic mass is 10.1. The van der Waals surface area contributed by atoms with E-state index in [2.05, 4.69) is 15.5 Å². The molecule has 1 N–H and O–H groups in total. The van der Waals surface area contributed by atoms with Gasteiger partial charge >= 0.3 is 10.1 Å². The van der Waals surface area contributed by atoms with Crippen molar-refractivity contribution in [3.05, 3.63) is 58.1 Å². The third-order valence-electron chi connectivity index (χ3n) is 4.52. The first-order valence-corrected chi connectivity index (χ1v) is 11.6. The molecular weight excluding hydrogens is 422 g/mol. The van der Waals surface area contributed by atoms with Crippen molar-refractivity contribution in [3.63, 3.8) is 0 Å². The molecule has 0 aliphatic carbocycles. The zero-order valence-corrected chi connectivity index (χ0v) is 19.0. The van der Waals surface area contributed by atoms with E-state index in [1.165, 1.54) is 18.0 Å². The third-order valence-corrected chi connectivity index (χ3v) is 7.03. The van der Waals surface area contributed by atoms with Crippen molar-refractivity contribution in [2.24, 2.45) is 10.2 Å². The van der Waals surface area contributed by atoms with Gasteiger partial charge in [0.25, 0.3) is 0 Å². The summed E-state index contributed by atoms with van der Waals surface area (Å²) in [6, 6.07) is 8.86. The summed E-state index contributed by atoms with van der Waals surface area (Å²) in [7, 11) is -4.05. The van der Waals surface area contributed by atoms with Gasteiger partial charge in [0.1, 0.15) is 4.90 Å². The maximum atomic E-state index is 13.1. The molecule has 2 aromatic rings. The summed E-state index contributed by atoms with van der Waals surface area (Å²) in [5.41, 5.74) is 3.36. The number of para-hydroxylation sites is 1. The van der Waals surface area contributed by atoms with Crippen LogP contribution < -0.4 is 9.50 Å². The Bertz CT molecular complexity index is 1150. The lowest BCUT2D eigenvalue weighted by Gasteiger charge is -2.15. The normalized spacial score (nSPS) is 18.2. The van der Waals surface area contributed by atoms with E-state index < -0.39 is 10.1 Å². The van der Waals surface area contributed by atoms with Crippen molar-refractivity contribution in [2.75, 3.05) is 0 Å². The Balaban J connectivity index is 1.93. The molecule has 2 aromatic carbocycles. The fourth-order valence-corrected chi connectivity index (χ4v) is 5.44. The minimum absolute atomic E-state index is 0.122. The molecule has 7 nitrogen and oxygen atoms in total. The molecule has 30 heavy (non-hydrogen) atoms. The van der Waals surface area contributed by atoms with Crippen LogP contribution in [0.5, 0.6) is 5.75 Å². The minimum Gasteiger partial charge on any atom is -0.378 e. The van der Waals surface area contributed by atoms with Crippen LogP contribution in [-0.2, 0) is 14.9 Å². The second-order valence-corrected chi connectivity index (χ2v) is 9.97. The van der Waals surface area contributed by atoms with Crippen LogP contribution in [0.1, 0.15) is 34.7 Å². The largest absolute Gasteiger partial charge is 0.378 e. The Hall–Kier alpha value is -2.65. The van der Waals surface area contributed by atoms with Gasteiger partial charge in [0, 0.05) is 5.56 Å². The van der Waals surface area contributed by atoms with Gasteiger partial charge in [0.15, 0.2) is 10.9 Å². The number of thioether (sulfide) groups is 1. The molecule has 0 saturated carbocycles. The number of benzene rings is 2. The Morgan fingerprint density at radius 2 is 1.77 bits per heavy atom. The molecule has 1 saturated heterocycles. The molecule has 0 spiro atoms. The summed E-state index contributed by atoms with van der Waals surface area (Å²) in [6.07, 6.45) is 1.41. The SMILES string of the molecule is Cc1cc(C)c(S(=O)(=O)Oc2c(C)cccc2C=N/N=C2\NC(=O)C(C)S2)c(C)c1. The van der Waals surface area contributed by atoms with Crippen molar-refractivity contribution in [1.29, 1.82) is 0 Å². The average Bonchev–Trinajstić information content (AvgIpc) is 2.94. The number of amidine groups is 1. The summed E-state index contributed by atoms with van der Waals surface area (Å²) in [6.45, 7) is 8.96. The van der Waals surface area contributed by atoms with Gasteiger partial charge in [0.2, 0.25) is 5.91 Å². The highest BCUT2D eigenvalue weighted by Gasteiger charge is 2.26. The predicted molar refractivity (Wildman–Crippen MR) is 120 cm³/mol. The molecule has 1 amide bonds. The molecule has 1 unspecified atom stereocenters. The Labute approximate surface area is 180 Å². The molecular formula is C21H23N3O4S2. The molecule has 1 fully saturated rings. The maximum absolute atomic E-state index is 13.1. The monoisotopic (exact) mass is 445 g/mol. The second-order valence-electron chi connectivity index (χ2n) is 7.16. The van der Waals surface area contributed by atoms with Gasteiger partial charge in [-0.1, -0.05) is 41.6 Å². The lowest BCUT2D eigenvalue weighted by Crippen LogP contribution is -2.23. The van der Waals surface area contributed by atoms with E-state index in [1.807, 2.05) is 19.1 Å². The molecule has 0 bridgehead atoms. The zero-order chi connectivity index (χ0) is 22.1. The first-order valence-electron chi connectivity index (χ1n) is 9.29. The highest BCUT2D eigenvalue weighted by atomic mass is 32.2. The topological polar surface area (TPSA) is 97.2 Å². The summed E-state index contributed by atoms with van der Waals surface area (Å²) in [4.78, 5) is 11.7. The van der Waals surface area contributed by atoms with Crippen LogP contribution in [0.2, 0.25) is 0 Å². The van der Waals surface area contributed by atoms with Crippen molar-refractivity contribution in [3.8, 4) is 5.75 Å². The van der Waals surface area contributed by atoms with E-state index in [0.717, 1.165) is 5.56 Å². The number of rotatable bonds is 5. The molecule has 1 aliphatic heterocycles. The maximum Gasteiger partial charge on any atom is 0.339 e. The number of carbonyl (C=O) groups is 1. The zero-order valence-electron chi connectivity index (χ0n) is 17.4. The molecule has 1 heterocycles. The van der Waals surface area contributed by atoms with Crippen LogP contribution in [0, 0.1) is 27.7 Å². The summed E-state index contributed by atoms with van der Waals surface area (Å²) >= 11 is 1.28. The molecule has 9 heteroatoms. The van der Waals surface area contributed by atoms with Crippen LogP contribution in [-0.4, -0.2) is 31.0 Å². The van der Waals surface area contributed by atoms with Gasteiger partial charge in [-0.15, -0.1) is 5.10 Å². The Morgan fingerprint density at radius 1 is 1.10 bits per heavy atom. The van der Waals surface area contributed by atoms with E-state index in [1.54, 1.807) is 45.9 Å². The van der Waals surface area contributed by atoms with E-state index >= 15 is 0 Å². The quantitative estimate of drug-likeness (QED) is 0.431. The highest BCUT2D eigenvalue weighted by molar-refractivity contribution is 8.15. The fourth-order valence-electron chi connectivity index (χ4n) is 3.25. The molecule has 158 valence electrons. The van der Waals surface area contributed by atoms with Gasteiger partial charge in [-0.3, -0.25) is 4.79 Å². The van der Waals surface area contributed by atoms with Crippen LogP contribution >= 0.6 is 11.8 Å². The molecule has 1 atom stereocenters. The van der Waals surface area contributed by atoms with Gasteiger partial charge in [0.05, 0.1) is 11.5 Å². The predicted octanol–water partition coefficient (Wildman–Crippen LogP) is 3.63. The number of amides is 1. The van der Waals surface area contributed by atoms with Crippen molar-refractivity contribution in [1.82, 2.24) is 5.32 Å². The fraction of sp³-hybridized carbons (Fsp3) is 0.286. The van der Waals surface area contributed by atoms with Crippen molar-refractivity contribution in [2.45, 2.75) is 44.8 Å². The van der Waals surface area contributed by atoms with Gasteiger partial charge in [-0.05, 0) is 57.4 Å². The molecule has 1 aliphatic rings. The van der Waals surface area contributed by atoms with E-state index in [0.29, 0.717) is 27.4 Å². The van der Waals surface area contributed by atoms with Crippen LogP contribution in [0.3, 0.4) is 0 Å². The summed E-state index contributed by atoms with van der Waals surface area (Å²) < 4.78 is 31.7. The van der Waals surface area contributed by atoms with E-state index in [-0.39, 0.29) is 21.8 Å². The molecule has 0 radical (unpaired) electrons. The molecule has 0 aromatic heterocycles. The summed E-state index contributed by atoms with van der Waals surface area (Å²) in [5, 5.41) is 10.8. The Morgan fingerprint density at radius 3 is 2.37 bits per heavy atom. The van der Waals surface area contributed by atoms with Gasteiger partial charge < -0.3 is 9.50 Å². The number of carbonyl (C=O) groups excluding carboxylic acids is 1. The standard InChI is InChI=1S/C21H23N3O4S2/c1-12-9-14(3)19(15(4)10-12)30(26,27)28-18-13(2)7-6-8-17(18)11-22-24-21-23-20(25)16(5)29-21/h6-11,16H,1-5H3,(H,23,24,25). The van der Waals surface area contributed by atoms with E-state index in [4.69, 9.17) is 4.18 Å². The Kier molecular flexibility index (Phi) is 6.33. The highest BCUT2D eigenvalue weighted by Crippen LogP contribution is 2.29. The van der Waals surface area contributed by atoms with E-state index in [9.17, 15) is 13.2 Å². The van der Waals surface area contributed by atoms with Gasteiger partial charge in [-0.25, -0.2) is 0 Å². The number of nitrogens with one attached hydrogen (secondary N) is 1. The minimum atomic E-state index is -4.05. The van der Waals surface area contributed by atoms with Crippen LogP contribution in [0.15, 0.2) is 45.4 Å². The van der Waals surface area contributed by atoms with Crippen LogP contribution in [0.25, 0.3) is 0 Å². The number of hydrogen-bond donors (Lipinski definition) is 1. The van der Waals surface area contributed by atoms with Crippen molar-refractivity contribution < 1.29 is 17.4 Å². The number of nitrogens with zero attached hydrogens (tertiary/aromatic N) is 2. The average molecular weight is 446 g/mol. The number of hydrogen-bond acceptors (Lipinski definition) is 7. The second kappa shape index (κ2) is 8.61.